The first-order chi connectivity index (χ1) is 21.5. The molecular formula is C39H64O6. The molecular weight excluding hydrogens is 564 g/mol. The van der Waals surface area contributed by atoms with E-state index in [0.29, 0.717) is 19.8 Å². The molecule has 0 amide bonds. The van der Waals surface area contributed by atoms with Crippen LogP contribution in [-0.4, -0.2) is 59.5 Å². The van der Waals surface area contributed by atoms with E-state index in [1.807, 2.05) is 114 Å². The largest absolute Gasteiger partial charge is 0.491 e. The summed E-state index contributed by atoms with van der Waals surface area (Å²) in [5, 5.41) is 0. The minimum absolute atomic E-state index is 0.139. The maximum Gasteiger partial charge on any atom is 0.122 e. The number of aryl methyl sites for hydroxylation is 3. The van der Waals surface area contributed by atoms with Crippen molar-refractivity contribution < 1.29 is 28.4 Å². The van der Waals surface area contributed by atoms with E-state index in [9.17, 15) is 0 Å². The summed E-state index contributed by atoms with van der Waals surface area (Å²) < 4.78 is 32.0. The molecule has 0 aliphatic heterocycles. The zero-order valence-electron chi connectivity index (χ0n) is 30.6. The van der Waals surface area contributed by atoms with E-state index in [0.717, 1.165) is 33.9 Å². The van der Waals surface area contributed by atoms with E-state index < -0.39 is 0 Å². The van der Waals surface area contributed by atoms with Crippen LogP contribution in [-0.2, 0) is 14.2 Å². The van der Waals surface area contributed by atoms with E-state index in [1.54, 1.807) is 21.3 Å². The van der Waals surface area contributed by atoms with Crippen LogP contribution in [0.1, 0.15) is 78.0 Å². The van der Waals surface area contributed by atoms with Gasteiger partial charge in [0.15, 0.2) is 0 Å². The zero-order chi connectivity index (χ0) is 34.5. The highest BCUT2D eigenvalue weighted by Crippen LogP contribution is 2.18. The van der Waals surface area contributed by atoms with Gasteiger partial charge in [0.1, 0.15) is 37.1 Å². The molecule has 0 bridgehead atoms. The molecule has 3 rings (SSSR count). The van der Waals surface area contributed by atoms with Crippen LogP contribution in [0.5, 0.6) is 17.2 Å². The van der Waals surface area contributed by atoms with Gasteiger partial charge in [-0.15, -0.1) is 0 Å². The van der Waals surface area contributed by atoms with E-state index in [1.165, 1.54) is 12.8 Å². The maximum atomic E-state index is 5.56. The van der Waals surface area contributed by atoms with Crippen molar-refractivity contribution in [2.24, 2.45) is 0 Å². The Bertz CT molecular complexity index is 937. The van der Waals surface area contributed by atoms with Gasteiger partial charge in [0.25, 0.3) is 0 Å². The van der Waals surface area contributed by atoms with Crippen molar-refractivity contribution in [2.45, 2.75) is 100 Å². The predicted octanol–water partition coefficient (Wildman–Crippen LogP) is 10.1. The summed E-state index contributed by atoms with van der Waals surface area (Å²) in [5.74, 6) is 2.81. The molecule has 6 nitrogen and oxygen atoms in total. The number of rotatable bonds is 12. The summed E-state index contributed by atoms with van der Waals surface area (Å²) in [6.07, 6.45) is 2.92. The lowest BCUT2D eigenvalue weighted by Crippen LogP contribution is -2.16. The predicted molar refractivity (Wildman–Crippen MR) is 191 cm³/mol. The third-order valence-electron chi connectivity index (χ3n) is 5.91. The van der Waals surface area contributed by atoms with Crippen molar-refractivity contribution in [2.75, 3.05) is 41.2 Å². The molecule has 0 aliphatic rings. The molecule has 0 saturated heterocycles. The Morgan fingerprint density at radius 1 is 0.422 bits per heavy atom. The fraction of sp³-hybridized carbons (Fsp3) is 0.538. The number of hydrogen-bond acceptors (Lipinski definition) is 6. The standard InChI is InChI=1S/3C11H16O2.2C3H8/c3*1-9-6-4-5-7-11(9)13-8-10(2)12-3;2*1-3-2/h3*4-7,10H,8H2,1-3H3;2*3H2,1-2H3. The molecule has 0 heterocycles. The van der Waals surface area contributed by atoms with Gasteiger partial charge in [-0.25, -0.2) is 0 Å². The molecule has 0 spiro atoms. The molecule has 0 aliphatic carbocycles. The molecule has 3 aromatic carbocycles. The summed E-state index contributed by atoms with van der Waals surface area (Å²) in [7, 11) is 5.06. The maximum absolute atomic E-state index is 5.56. The third-order valence-corrected chi connectivity index (χ3v) is 5.91. The first-order valence-electron chi connectivity index (χ1n) is 16.2. The first kappa shape index (κ1) is 44.1. The summed E-state index contributed by atoms with van der Waals surface area (Å²) in [4.78, 5) is 0. The van der Waals surface area contributed by atoms with Crippen LogP contribution in [0.25, 0.3) is 0 Å². The van der Waals surface area contributed by atoms with Crippen molar-refractivity contribution in [1.29, 1.82) is 0 Å². The highest BCUT2D eigenvalue weighted by molar-refractivity contribution is 5.33. The average Bonchev–Trinajstić information content (AvgIpc) is 3.04. The van der Waals surface area contributed by atoms with E-state index in [-0.39, 0.29) is 18.3 Å². The molecule has 0 fully saturated rings. The smallest absolute Gasteiger partial charge is 0.122 e. The zero-order valence-corrected chi connectivity index (χ0v) is 30.6. The fourth-order valence-corrected chi connectivity index (χ4v) is 2.98. The van der Waals surface area contributed by atoms with Crippen LogP contribution in [0.3, 0.4) is 0 Å². The second kappa shape index (κ2) is 29.6. The molecule has 3 atom stereocenters. The van der Waals surface area contributed by atoms with Gasteiger partial charge < -0.3 is 28.4 Å². The van der Waals surface area contributed by atoms with Crippen molar-refractivity contribution in [3.63, 3.8) is 0 Å². The Morgan fingerprint density at radius 3 is 0.800 bits per heavy atom. The molecule has 6 heteroatoms. The van der Waals surface area contributed by atoms with Gasteiger partial charge in [-0.1, -0.05) is 95.1 Å². The first-order valence-corrected chi connectivity index (χ1v) is 16.2. The molecule has 3 unspecified atom stereocenters. The van der Waals surface area contributed by atoms with Crippen LogP contribution < -0.4 is 14.2 Å². The average molecular weight is 629 g/mol. The fourth-order valence-electron chi connectivity index (χ4n) is 2.98. The minimum atomic E-state index is 0.139. The molecule has 3 aromatic rings. The van der Waals surface area contributed by atoms with Crippen molar-refractivity contribution in [1.82, 2.24) is 0 Å². The molecule has 0 saturated carbocycles. The van der Waals surface area contributed by atoms with Gasteiger partial charge in [-0.3, -0.25) is 0 Å². The number of benzene rings is 3. The second-order valence-electron chi connectivity index (χ2n) is 10.8. The summed E-state index contributed by atoms with van der Waals surface area (Å²) in [5.41, 5.74) is 3.47. The summed E-state index contributed by atoms with van der Waals surface area (Å²) in [6.45, 7) is 22.4. The Kier molecular flexibility index (Phi) is 29.0. The van der Waals surface area contributed by atoms with Crippen LogP contribution in [0.4, 0.5) is 0 Å². The van der Waals surface area contributed by atoms with E-state index in [4.69, 9.17) is 28.4 Å². The van der Waals surface area contributed by atoms with Gasteiger partial charge in [-0.05, 0) is 76.4 Å². The van der Waals surface area contributed by atoms with Crippen LogP contribution in [0.15, 0.2) is 72.8 Å². The van der Waals surface area contributed by atoms with Gasteiger partial charge in [-0.2, -0.15) is 0 Å². The highest BCUT2D eigenvalue weighted by Gasteiger charge is 2.04. The SMILES string of the molecule is CCC.CCC.COC(C)COc1ccccc1C.COC(C)COc1ccccc1C.COC(C)COc1ccccc1C. The van der Waals surface area contributed by atoms with Crippen LogP contribution in [0.2, 0.25) is 0 Å². The van der Waals surface area contributed by atoms with Crippen molar-refractivity contribution in [3.8, 4) is 17.2 Å². The van der Waals surface area contributed by atoms with Gasteiger partial charge >= 0.3 is 0 Å². The third kappa shape index (κ3) is 23.9. The molecule has 0 aromatic heterocycles. The Balaban J connectivity index is 0. The molecule has 0 radical (unpaired) electrons. The van der Waals surface area contributed by atoms with E-state index in [2.05, 4.69) is 27.7 Å². The van der Waals surface area contributed by atoms with Crippen LogP contribution >= 0.6 is 0 Å². The molecule has 45 heavy (non-hydrogen) atoms. The molecule has 256 valence electrons. The van der Waals surface area contributed by atoms with Gasteiger partial charge in [0, 0.05) is 21.3 Å². The van der Waals surface area contributed by atoms with Crippen LogP contribution in [0, 0.1) is 20.8 Å². The monoisotopic (exact) mass is 628 g/mol. The quantitative estimate of drug-likeness (QED) is 0.199. The highest BCUT2D eigenvalue weighted by atomic mass is 16.5. The lowest BCUT2D eigenvalue weighted by molar-refractivity contribution is 0.0714. The summed E-state index contributed by atoms with van der Waals surface area (Å²) in [6, 6.07) is 23.9. The number of para-hydroxylation sites is 3. The Morgan fingerprint density at radius 2 is 0.622 bits per heavy atom. The minimum Gasteiger partial charge on any atom is -0.491 e. The van der Waals surface area contributed by atoms with Gasteiger partial charge in [0.05, 0.1) is 18.3 Å². The summed E-state index contributed by atoms with van der Waals surface area (Å²) >= 11 is 0. The normalized spacial score (nSPS) is 11.7. The van der Waals surface area contributed by atoms with Crippen molar-refractivity contribution in [3.05, 3.63) is 89.5 Å². The molecule has 0 N–H and O–H groups in total. The number of methoxy groups -OCH3 is 3. The lowest BCUT2D eigenvalue weighted by atomic mass is 10.2. The topological polar surface area (TPSA) is 55.4 Å². The number of hydrogen-bond donors (Lipinski definition) is 0. The second-order valence-corrected chi connectivity index (χ2v) is 10.8. The Labute approximate surface area is 276 Å². The van der Waals surface area contributed by atoms with Gasteiger partial charge in [0.2, 0.25) is 0 Å². The lowest BCUT2D eigenvalue weighted by Gasteiger charge is -2.12. The Hall–Kier alpha value is -3.06. The number of ether oxygens (including phenoxy) is 6. The van der Waals surface area contributed by atoms with Crippen molar-refractivity contribution >= 4 is 0 Å². The van der Waals surface area contributed by atoms with E-state index >= 15 is 0 Å².